The minimum Gasteiger partial charge on any atom is -0.494 e. The molecule has 4 aromatic carbocycles. The summed E-state index contributed by atoms with van der Waals surface area (Å²) >= 11 is 6.91. The summed E-state index contributed by atoms with van der Waals surface area (Å²) in [5.41, 5.74) is 6.27. The van der Waals surface area contributed by atoms with Crippen LogP contribution >= 0.6 is 31.9 Å². The monoisotopic (exact) mass is 659 g/mol. The largest absolute Gasteiger partial charge is 0.494 e. The summed E-state index contributed by atoms with van der Waals surface area (Å²) in [6.45, 7) is 2.46. The molecular formula is C31H23Br2N3O4. The molecule has 0 unspecified atom stereocenters. The molecular weight excluding hydrogens is 638 g/mol. The molecule has 5 rings (SSSR count). The number of carbonyl (C=O) groups excluding carboxylic acids is 2. The standard InChI is InChI=1S/C31H23Br2N3O4/c1-2-39-23-13-14-26-24(17-23)27(19-9-5-3-6-10-19)28(35-26)30(37)36-34-18-21-15-22(32)16-25(33)29(21)40-31(38)20-11-7-4-8-12-20/h3-18,35H,2H2,1H3,(H,36,37). The fourth-order valence-corrected chi connectivity index (χ4v) is 5.57. The Kier molecular flexibility index (Phi) is 8.42. The molecule has 2 N–H and O–H groups in total. The van der Waals surface area contributed by atoms with E-state index < -0.39 is 11.9 Å². The topological polar surface area (TPSA) is 92.8 Å². The van der Waals surface area contributed by atoms with Gasteiger partial charge in [-0.1, -0.05) is 64.5 Å². The van der Waals surface area contributed by atoms with Gasteiger partial charge in [0.25, 0.3) is 5.91 Å². The minimum absolute atomic E-state index is 0.272. The average Bonchev–Trinajstić information content (AvgIpc) is 3.35. The molecule has 0 aliphatic carbocycles. The minimum atomic E-state index is -0.515. The first kappa shape index (κ1) is 27.4. The molecule has 0 aliphatic heterocycles. The van der Waals surface area contributed by atoms with Crippen molar-refractivity contribution in [2.24, 2.45) is 5.10 Å². The van der Waals surface area contributed by atoms with E-state index in [0.717, 1.165) is 26.5 Å². The number of nitrogens with one attached hydrogen (secondary N) is 2. The van der Waals surface area contributed by atoms with Crippen molar-refractivity contribution in [2.45, 2.75) is 6.92 Å². The zero-order valence-corrected chi connectivity index (χ0v) is 24.5. The number of benzene rings is 4. The lowest BCUT2D eigenvalue weighted by Crippen LogP contribution is -2.19. The number of esters is 1. The average molecular weight is 661 g/mol. The lowest BCUT2D eigenvalue weighted by molar-refractivity contribution is 0.0733. The van der Waals surface area contributed by atoms with Gasteiger partial charge in [-0.3, -0.25) is 4.79 Å². The van der Waals surface area contributed by atoms with Crippen LogP contribution in [0.15, 0.2) is 105 Å². The van der Waals surface area contributed by atoms with Crippen molar-refractivity contribution < 1.29 is 19.1 Å². The molecule has 1 amide bonds. The molecule has 0 radical (unpaired) electrons. The van der Waals surface area contributed by atoms with Gasteiger partial charge in [-0.15, -0.1) is 0 Å². The van der Waals surface area contributed by atoms with Crippen LogP contribution in [0.1, 0.15) is 33.3 Å². The van der Waals surface area contributed by atoms with E-state index in [0.29, 0.717) is 33.6 Å². The first-order valence-corrected chi connectivity index (χ1v) is 14.0. The van der Waals surface area contributed by atoms with Gasteiger partial charge in [-0.2, -0.15) is 5.10 Å². The van der Waals surface area contributed by atoms with Gasteiger partial charge in [0.15, 0.2) is 5.75 Å². The predicted octanol–water partition coefficient (Wildman–Crippen LogP) is 7.74. The van der Waals surface area contributed by atoms with Gasteiger partial charge in [-0.25, -0.2) is 10.2 Å². The van der Waals surface area contributed by atoms with Crippen molar-refractivity contribution in [3.63, 3.8) is 0 Å². The van der Waals surface area contributed by atoms with Crippen molar-refractivity contribution in [1.29, 1.82) is 0 Å². The van der Waals surface area contributed by atoms with Gasteiger partial charge in [0.1, 0.15) is 11.4 Å². The second kappa shape index (κ2) is 12.3. The number of halogens is 2. The van der Waals surface area contributed by atoms with E-state index in [2.05, 4.69) is 47.4 Å². The van der Waals surface area contributed by atoms with Crippen LogP contribution in [0.2, 0.25) is 0 Å². The maximum absolute atomic E-state index is 13.4. The van der Waals surface area contributed by atoms with Crippen LogP contribution in [-0.2, 0) is 0 Å². The summed E-state index contributed by atoms with van der Waals surface area (Å²) < 4.78 is 12.7. The molecule has 200 valence electrons. The van der Waals surface area contributed by atoms with E-state index in [1.54, 1.807) is 36.4 Å². The highest BCUT2D eigenvalue weighted by Gasteiger charge is 2.20. The molecule has 0 fully saturated rings. The molecule has 40 heavy (non-hydrogen) atoms. The van der Waals surface area contributed by atoms with Crippen molar-refractivity contribution in [2.75, 3.05) is 6.61 Å². The zero-order chi connectivity index (χ0) is 28.1. The van der Waals surface area contributed by atoms with Crippen LogP contribution in [0, 0.1) is 0 Å². The summed E-state index contributed by atoms with van der Waals surface area (Å²) in [6.07, 6.45) is 1.43. The van der Waals surface area contributed by atoms with Crippen LogP contribution in [0.3, 0.4) is 0 Å². The number of hydrogen-bond donors (Lipinski definition) is 2. The summed E-state index contributed by atoms with van der Waals surface area (Å²) in [7, 11) is 0. The van der Waals surface area contributed by atoms with Gasteiger partial charge in [0.05, 0.1) is 22.9 Å². The molecule has 0 spiro atoms. The van der Waals surface area contributed by atoms with Gasteiger partial charge in [0, 0.05) is 26.5 Å². The molecule has 0 saturated heterocycles. The number of aromatic amines is 1. The number of hydrazone groups is 1. The number of ether oxygens (including phenoxy) is 2. The van der Waals surface area contributed by atoms with Crippen LogP contribution in [0.5, 0.6) is 11.5 Å². The quantitative estimate of drug-likeness (QED) is 0.0771. The molecule has 1 heterocycles. The molecule has 0 saturated carbocycles. The van der Waals surface area contributed by atoms with E-state index in [-0.39, 0.29) is 5.75 Å². The highest BCUT2D eigenvalue weighted by molar-refractivity contribution is 9.11. The van der Waals surface area contributed by atoms with Crippen molar-refractivity contribution >= 4 is 60.9 Å². The van der Waals surface area contributed by atoms with E-state index in [9.17, 15) is 9.59 Å². The summed E-state index contributed by atoms with van der Waals surface area (Å²) in [5, 5.41) is 5.05. The van der Waals surface area contributed by atoms with Crippen LogP contribution in [0.4, 0.5) is 0 Å². The Labute approximate surface area is 247 Å². The SMILES string of the molecule is CCOc1ccc2[nH]c(C(=O)NN=Cc3cc(Br)cc(Br)c3OC(=O)c3ccccc3)c(-c3ccccc3)c2c1. The Bertz CT molecular complexity index is 1720. The predicted molar refractivity (Wildman–Crippen MR) is 163 cm³/mol. The zero-order valence-electron chi connectivity index (χ0n) is 21.3. The molecule has 0 atom stereocenters. The molecule has 1 aromatic heterocycles. The maximum Gasteiger partial charge on any atom is 0.343 e. The second-order valence-corrected chi connectivity index (χ2v) is 10.4. The number of rotatable bonds is 8. The molecule has 0 aliphatic rings. The third-order valence-electron chi connectivity index (χ3n) is 5.98. The third-order valence-corrected chi connectivity index (χ3v) is 7.03. The Balaban J connectivity index is 1.45. The Morgan fingerprint density at radius 3 is 2.40 bits per heavy atom. The lowest BCUT2D eigenvalue weighted by Gasteiger charge is -2.10. The number of fused-ring (bicyclic) bond motifs is 1. The number of amides is 1. The molecule has 7 nitrogen and oxygen atoms in total. The number of nitrogens with zero attached hydrogens (tertiary/aromatic N) is 1. The Hall–Kier alpha value is -4.21. The van der Waals surface area contributed by atoms with Gasteiger partial charge < -0.3 is 14.5 Å². The van der Waals surface area contributed by atoms with E-state index in [1.807, 2.05) is 61.5 Å². The fourth-order valence-electron chi connectivity index (χ4n) is 4.23. The maximum atomic E-state index is 13.4. The lowest BCUT2D eigenvalue weighted by atomic mass is 10.0. The van der Waals surface area contributed by atoms with Crippen molar-refractivity contribution in [1.82, 2.24) is 10.4 Å². The van der Waals surface area contributed by atoms with E-state index in [4.69, 9.17) is 9.47 Å². The van der Waals surface area contributed by atoms with E-state index >= 15 is 0 Å². The third kappa shape index (κ3) is 6.00. The highest BCUT2D eigenvalue weighted by Crippen LogP contribution is 2.35. The van der Waals surface area contributed by atoms with E-state index in [1.165, 1.54) is 6.21 Å². The van der Waals surface area contributed by atoms with Gasteiger partial charge in [0.2, 0.25) is 0 Å². The molecule has 5 aromatic rings. The number of aromatic nitrogens is 1. The summed E-state index contributed by atoms with van der Waals surface area (Å²) in [5.74, 6) is 0.0449. The smallest absolute Gasteiger partial charge is 0.343 e. The van der Waals surface area contributed by atoms with Crippen LogP contribution in [-0.4, -0.2) is 29.7 Å². The second-order valence-electron chi connectivity index (χ2n) is 8.64. The van der Waals surface area contributed by atoms with Crippen molar-refractivity contribution in [3.05, 3.63) is 117 Å². The fraction of sp³-hybridized carbons (Fsp3) is 0.0645. The Morgan fingerprint density at radius 1 is 0.950 bits per heavy atom. The summed E-state index contributed by atoms with van der Waals surface area (Å²) in [4.78, 5) is 29.3. The van der Waals surface area contributed by atoms with Gasteiger partial charge in [-0.05, 0) is 70.9 Å². The first-order chi connectivity index (χ1) is 19.4. The summed E-state index contributed by atoms with van der Waals surface area (Å²) in [6, 6.07) is 27.5. The number of H-pyrrole nitrogens is 1. The van der Waals surface area contributed by atoms with Crippen LogP contribution in [0.25, 0.3) is 22.0 Å². The van der Waals surface area contributed by atoms with Crippen LogP contribution < -0.4 is 14.9 Å². The normalized spacial score (nSPS) is 11.1. The first-order valence-electron chi connectivity index (χ1n) is 12.4. The number of hydrogen-bond acceptors (Lipinski definition) is 5. The molecule has 9 heteroatoms. The van der Waals surface area contributed by atoms with Crippen molar-refractivity contribution in [3.8, 4) is 22.6 Å². The molecule has 0 bridgehead atoms. The van der Waals surface area contributed by atoms with Gasteiger partial charge >= 0.3 is 5.97 Å². The highest BCUT2D eigenvalue weighted by atomic mass is 79.9. The number of carbonyl (C=O) groups is 2. The Morgan fingerprint density at radius 2 is 1.68 bits per heavy atom.